The number of ether oxygens (including phenoxy) is 1. The standard InChI is InChI=1S/C18H20FN3O5/c1-18(2)7-21(6-12(18)23)14-11(19)4-9-13-16(14)27-8-20(3)22(13)5-10(15(9)24)17(25)26/h4-5,12,23H,6-8H2,1-3H3,(H,25,26)/t12-/m0/s1. The summed E-state index contributed by atoms with van der Waals surface area (Å²) in [6, 6.07) is 1.06. The minimum Gasteiger partial charge on any atom is -0.477 e. The van der Waals surface area contributed by atoms with Crippen molar-refractivity contribution in [2.45, 2.75) is 20.0 Å². The third-order valence-corrected chi connectivity index (χ3v) is 5.36. The van der Waals surface area contributed by atoms with Crippen LogP contribution in [0.25, 0.3) is 10.9 Å². The van der Waals surface area contributed by atoms with Gasteiger partial charge in [-0.25, -0.2) is 9.18 Å². The van der Waals surface area contributed by atoms with Crippen molar-refractivity contribution in [3.63, 3.8) is 0 Å². The SMILES string of the molecule is CN1COc2c(N3C[C@H](O)C(C)(C)C3)c(F)cc3c(=O)c(C(=O)O)cn1c23. The Bertz CT molecular complexity index is 1030. The molecule has 1 saturated heterocycles. The third-order valence-electron chi connectivity index (χ3n) is 5.36. The summed E-state index contributed by atoms with van der Waals surface area (Å²) in [5, 5.41) is 21.1. The number of carbonyl (C=O) groups is 1. The van der Waals surface area contributed by atoms with Gasteiger partial charge >= 0.3 is 5.97 Å². The quantitative estimate of drug-likeness (QED) is 0.805. The predicted molar refractivity (Wildman–Crippen MR) is 96.8 cm³/mol. The monoisotopic (exact) mass is 377 g/mol. The van der Waals surface area contributed by atoms with E-state index in [2.05, 4.69) is 0 Å². The van der Waals surface area contributed by atoms with E-state index < -0.39 is 34.3 Å². The summed E-state index contributed by atoms with van der Waals surface area (Å²) in [6.45, 7) is 4.50. The zero-order valence-corrected chi connectivity index (χ0v) is 15.2. The highest BCUT2D eigenvalue weighted by molar-refractivity contribution is 5.97. The summed E-state index contributed by atoms with van der Waals surface area (Å²) in [5.74, 6) is -1.87. The molecule has 0 unspecified atom stereocenters. The van der Waals surface area contributed by atoms with E-state index >= 15 is 4.39 Å². The molecule has 1 aromatic carbocycles. The van der Waals surface area contributed by atoms with Gasteiger partial charge in [0.15, 0.2) is 18.3 Å². The smallest absolute Gasteiger partial charge is 0.341 e. The first-order valence-electron chi connectivity index (χ1n) is 8.54. The highest BCUT2D eigenvalue weighted by Gasteiger charge is 2.41. The number of nitrogens with zero attached hydrogens (tertiary/aromatic N) is 3. The number of hydrogen-bond donors (Lipinski definition) is 2. The van der Waals surface area contributed by atoms with Crippen molar-refractivity contribution in [1.82, 2.24) is 4.68 Å². The maximum absolute atomic E-state index is 15.1. The molecule has 2 aliphatic heterocycles. The van der Waals surface area contributed by atoms with Crippen LogP contribution in [0.4, 0.5) is 10.1 Å². The van der Waals surface area contributed by atoms with Crippen molar-refractivity contribution in [2.24, 2.45) is 5.41 Å². The lowest BCUT2D eigenvalue weighted by Crippen LogP contribution is -2.40. The molecule has 3 heterocycles. The molecule has 1 fully saturated rings. The average molecular weight is 377 g/mol. The summed E-state index contributed by atoms with van der Waals surface area (Å²) in [5.41, 5.74) is -1.13. The summed E-state index contributed by atoms with van der Waals surface area (Å²) in [4.78, 5) is 25.7. The second-order valence-corrected chi connectivity index (χ2v) is 7.77. The van der Waals surface area contributed by atoms with Crippen molar-refractivity contribution in [3.05, 3.63) is 33.9 Å². The fraction of sp³-hybridized carbons (Fsp3) is 0.444. The van der Waals surface area contributed by atoms with E-state index in [9.17, 15) is 19.8 Å². The Morgan fingerprint density at radius 1 is 1.41 bits per heavy atom. The van der Waals surface area contributed by atoms with Gasteiger partial charge in [0.2, 0.25) is 5.43 Å². The molecular formula is C18H20FN3O5. The lowest BCUT2D eigenvalue weighted by Gasteiger charge is -2.33. The first kappa shape index (κ1) is 17.6. The minimum atomic E-state index is -1.37. The van der Waals surface area contributed by atoms with Crippen LogP contribution in [0.2, 0.25) is 0 Å². The van der Waals surface area contributed by atoms with Crippen molar-refractivity contribution in [3.8, 4) is 5.75 Å². The number of aliphatic hydroxyl groups excluding tert-OH is 1. The summed E-state index contributed by atoms with van der Waals surface area (Å²) in [6.07, 6.45) is 0.589. The highest BCUT2D eigenvalue weighted by Crippen LogP contribution is 2.43. The maximum Gasteiger partial charge on any atom is 0.341 e. The maximum atomic E-state index is 15.1. The van der Waals surface area contributed by atoms with Crippen LogP contribution in [0.5, 0.6) is 5.75 Å². The lowest BCUT2D eigenvalue weighted by molar-refractivity contribution is 0.0694. The van der Waals surface area contributed by atoms with Crippen LogP contribution >= 0.6 is 0 Å². The zero-order valence-electron chi connectivity index (χ0n) is 15.2. The van der Waals surface area contributed by atoms with Gasteiger partial charge in [0, 0.05) is 31.7 Å². The zero-order chi connectivity index (χ0) is 19.7. The molecule has 0 bridgehead atoms. The number of benzene rings is 1. The number of aliphatic hydroxyl groups is 1. The first-order chi connectivity index (χ1) is 12.6. The molecule has 9 heteroatoms. The Morgan fingerprint density at radius 2 is 2.11 bits per heavy atom. The van der Waals surface area contributed by atoms with E-state index in [4.69, 9.17) is 4.74 Å². The molecule has 1 atom stereocenters. The molecule has 2 aliphatic rings. The summed E-state index contributed by atoms with van der Waals surface area (Å²) in [7, 11) is 1.67. The lowest BCUT2D eigenvalue weighted by atomic mass is 9.90. The number of β-amino-alcohol motifs (C(OH)–C–C–N with tert-alkyl or cyclic N) is 1. The van der Waals surface area contributed by atoms with Gasteiger partial charge in [-0.1, -0.05) is 13.8 Å². The van der Waals surface area contributed by atoms with E-state index in [1.807, 2.05) is 13.8 Å². The van der Waals surface area contributed by atoms with Crippen molar-refractivity contribution < 1.29 is 24.1 Å². The fourth-order valence-electron chi connectivity index (χ4n) is 3.76. The van der Waals surface area contributed by atoms with Gasteiger partial charge in [-0.05, 0) is 6.07 Å². The van der Waals surface area contributed by atoms with Gasteiger partial charge in [-0.3, -0.25) is 14.5 Å². The van der Waals surface area contributed by atoms with E-state index in [0.717, 1.165) is 6.07 Å². The van der Waals surface area contributed by atoms with E-state index in [-0.39, 0.29) is 30.1 Å². The third kappa shape index (κ3) is 2.45. The largest absolute Gasteiger partial charge is 0.477 e. The van der Waals surface area contributed by atoms with Gasteiger partial charge in [0.1, 0.15) is 16.8 Å². The molecule has 8 nitrogen and oxygen atoms in total. The molecule has 144 valence electrons. The number of aromatic carboxylic acids is 1. The molecular weight excluding hydrogens is 357 g/mol. The topological polar surface area (TPSA) is 95.2 Å². The molecule has 27 heavy (non-hydrogen) atoms. The average Bonchev–Trinajstić information content (AvgIpc) is 2.84. The Balaban J connectivity index is 2.03. The summed E-state index contributed by atoms with van der Waals surface area (Å²) < 4.78 is 22.3. The number of pyridine rings is 1. The number of carboxylic acids is 1. The first-order valence-corrected chi connectivity index (χ1v) is 8.54. The fourth-order valence-corrected chi connectivity index (χ4v) is 3.76. The second kappa shape index (κ2) is 5.59. The number of hydrogen-bond acceptors (Lipinski definition) is 6. The molecule has 4 rings (SSSR count). The van der Waals surface area contributed by atoms with Crippen LogP contribution < -0.4 is 20.1 Å². The van der Waals surface area contributed by atoms with Gasteiger partial charge in [0.05, 0.1) is 11.5 Å². The van der Waals surface area contributed by atoms with Crippen LogP contribution in [-0.2, 0) is 0 Å². The molecule has 0 spiro atoms. The molecule has 0 aliphatic carbocycles. The number of halogens is 1. The van der Waals surface area contributed by atoms with Crippen LogP contribution in [-0.4, -0.2) is 53.8 Å². The molecule has 1 aromatic heterocycles. The number of anilines is 1. The van der Waals surface area contributed by atoms with Crippen molar-refractivity contribution in [2.75, 3.05) is 36.8 Å². The molecule has 0 radical (unpaired) electrons. The Hall–Kier alpha value is -2.81. The number of aromatic nitrogens is 1. The second-order valence-electron chi connectivity index (χ2n) is 7.77. The highest BCUT2D eigenvalue weighted by atomic mass is 19.1. The molecule has 0 amide bonds. The Labute approximate surface area is 153 Å². The molecule has 0 saturated carbocycles. The van der Waals surface area contributed by atoms with Gasteiger partial charge in [-0.15, -0.1) is 0 Å². The van der Waals surface area contributed by atoms with Crippen molar-refractivity contribution in [1.29, 1.82) is 0 Å². The van der Waals surface area contributed by atoms with Crippen LogP contribution in [0, 0.1) is 11.2 Å². The van der Waals surface area contributed by atoms with E-state index in [1.165, 1.54) is 10.9 Å². The van der Waals surface area contributed by atoms with Crippen LogP contribution in [0.15, 0.2) is 17.1 Å². The van der Waals surface area contributed by atoms with E-state index in [1.54, 1.807) is 17.0 Å². The van der Waals surface area contributed by atoms with E-state index in [0.29, 0.717) is 12.1 Å². The number of carboxylic acid groups (broad SMARTS) is 1. The van der Waals surface area contributed by atoms with Crippen LogP contribution in [0.3, 0.4) is 0 Å². The van der Waals surface area contributed by atoms with Crippen LogP contribution in [0.1, 0.15) is 24.2 Å². The van der Waals surface area contributed by atoms with Gasteiger partial charge in [-0.2, -0.15) is 0 Å². The normalized spacial score (nSPS) is 20.9. The predicted octanol–water partition coefficient (Wildman–Crippen LogP) is 0.964. The van der Waals surface area contributed by atoms with Crippen molar-refractivity contribution >= 4 is 22.6 Å². The minimum absolute atomic E-state index is 0.0558. The molecule has 2 N–H and O–H groups in total. The summed E-state index contributed by atoms with van der Waals surface area (Å²) >= 11 is 0. The Kier molecular flexibility index (Phi) is 3.64. The van der Waals surface area contributed by atoms with Gasteiger partial charge in [0.25, 0.3) is 0 Å². The Morgan fingerprint density at radius 3 is 2.70 bits per heavy atom. The number of rotatable bonds is 2. The molecule has 2 aromatic rings. The van der Waals surface area contributed by atoms with Gasteiger partial charge < -0.3 is 19.8 Å².